The van der Waals surface area contributed by atoms with Crippen molar-refractivity contribution in [2.45, 2.75) is 6.54 Å². The first-order valence-corrected chi connectivity index (χ1v) is 6.19. The average Bonchev–Trinajstić information content (AvgIpc) is 2.81. The van der Waals surface area contributed by atoms with Crippen LogP contribution in [0.25, 0.3) is 10.9 Å². The van der Waals surface area contributed by atoms with E-state index in [9.17, 15) is 4.39 Å². The molecule has 0 unspecified atom stereocenters. The van der Waals surface area contributed by atoms with Gasteiger partial charge in [-0.15, -0.1) is 12.4 Å². The maximum absolute atomic E-state index is 12.9. The maximum atomic E-state index is 12.9. The zero-order valence-electron chi connectivity index (χ0n) is 11.1. The normalized spacial score (nSPS) is 10.3. The molecule has 1 heterocycles. The van der Waals surface area contributed by atoms with Crippen molar-refractivity contribution in [3.63, 3.8) is 0 Å². The number of nitrogens with one attached hydrogen (secondary N) is 1. The SMILES string of the molecule is Cl.N=C(N)c1nn(Cc2ccc(F)cc2)c2ccccc12. The molecule has 0 atom stereocenters. The second kappa shape index (κ2) is 5.93. The summed E-state index contributed by atoms with van der Waals surface area (Å²) in [7, 11) is 0. The Balaban J connectivity index is 0.00000161. The number of hydrogen-bond donors (Lipinski definition) is 2. The highest BCUT2D eigenvalue weighted by molar-refractivity contribution is 6.05. The summed E-state index contributed by atoms with van der Waals surface area (Å²) >= 11 is 0. The summed E-state index contributed by atoms with van der Waals surface area (Å²) in [5.41, 5.74) is 7.88. The lowest BCUT2D eigenvalue weighted by Gasteiger charge is -2.03. The number of aromatic nitrogens is 2. The van der Waals surface area contributed by atoms with Crippen LogP contribution in [-0.4, -0.2) is 15.6 Å². The van der Waals surface area contributed by atoms with E-state index in [0.29, 0.717) is 12.2 Å². The van der Waals surface area contributed by atoms with E-state index in [4.69, 9.17) is 11.1 Å². The van der Waals surface area contributed by atoms with E-state index in [1.807, 2.05) is 24.3 Å². The molecule has 0 radical (unpaired) electrons. The Labute approximate surface area is 127 Å². The molecule has 3 rings (SSSR count). The lowest BCUT2D eigenvalue weighted by molar-refractivity contribution is 0.625. The fourth-order valence-electron chi connectivity index (χ4n) is 2.21. The molecule has 0 aliphatic heterocycles. The van der Waals surface area contributed by atoms with Crippen molar-refractivity contribution in [2.24, 2.45) is 5.73 Å². The molecule has 4 nitrogen and oxygen atoms in total. The van der Waals surface area contributed by atoms with Crippen LogP contribution < -0.4 is 5.73 Å². The van der Waals surface area contributed by atoms with Gasteiger partial charge in [0.15, 0.2) is 0 Å². The van der Waals surface area contributed by atoms with Crippen LogP contribution in [0.3, 0.4) is 0 Å². The minimum atomic E-state index is -0.261. The molecule has 0 spiro atoms. The number of fused-ring (bicyclic) bond motifs is 1. The van der Waals surface area contributed by atoms with Gasteiger partial charge in [-0.3, -0.25) is 10.1 Å². The number of halogens is 2. The third kappa shape index (κ3) is 2.87. The van der Waals surface area contributed by atoms with Gasteiger partial charge in [0.1, 0.15) is 17.3 Å². The minimum absolute atomic E-state index is 0. The smallest absolute Gasteiger partial charge is 0.144 e. The number of nitrogens with two attached hydrogens (primary N) is 1. The number of benzene rings is 2. The topological polar surface area (TPSA) is 67.7 Å². The number of hydrogen-bond acceptors (Lipinski definition) is 2. The van der Waals surface area contributed by atoms with Gasteiger partial charge in [-0.05, 0) is 23.8 Å². The molecule has 108 valence electrons. The van der Waals surface area contributed by atoms with E-state index < -0.39 is 0 Å². The van der Waals surface area contributed by atoms with Crippen LogP contribution >= 0.6 is 12.4 Å². The summed E-state index contributed by atoms with van der Waals surface area (Å²) in [4.78, 5) is 0. The Morgan fingerprint density at radius 3 is 2.48 bits per heavy atom. The van der Waals surface area contributed by atoms with E-state index >= 15 is 0 Å². The van der Waals surface area contributed by atoms with Crippen LogP contribution in [0.2, 0.25) is 0 Å². The molecule has 2 aromatic carbocycles. The van der Waals surface area contributed by atoms with E-state index in [-0.39, 0.29) is 24.1 Å². The van der Waals surface area contributed by atoms with Crippen molar-refractivity contribution in [3.8, 4) is 0 Å². The van der Waals surface area contributed by atoms with E-state index in [1.165, 1.54) is 12.1 Å². The number of rotatable bonds is 3. The Morgan fingerprint density at radius 2 is 1.81 bits per heavy atom. The van der Waals surface area contributed by atoms with Gasteiger partial charge in [0.2, 0.25) is 0 Å². The number of para-hydroxylation sites is 1. The van der Waals surface area contributed by atoms with Crippen LogP contribution in [0, 0.1) is 11.2 Å². The van der Waals surface area contributed by atoms with Crippen LogP contribution in [0.5, 0.6) is 0 Å². The Hall–Kier alpha value is -2.40. The van der Waals surface area contributed by atoms with E-state index in [1.54, 1.807) is 16.8 Å². The Morgan fingerprint density at radius 1 is 1.14 bits per heavy atom. The summed E-state index contributed by atoms with van der Waals surface area (Å²) in [6.07, 6.45) is 0. The molecular formula is C15H14ClFN4. The third-order valence-corrected chi connectivity index (χ3v) is 3.16. The largest absolute Gasteiger partial charge is 0.382 e. The fraction of sp³-hybridized carbons (Fsp3) is 0.0667. The lowest BCUT2D eigenvalue weighted by Crippen LogP contribution is -2.13. The Bertz CT molecular complexity index is 780. The molecule has 0 fully saturated rings. The van der Waals surface area contributed by atoms with E-state index in [2.05, 4.69) is 5.10 Å². The summed E-state index contributed by atoms with van der Waals surface area (Å²) in [6.45, 7) is 0.508. The fourth-order valence-corrected chi connectivity index (χ4v) is 2.21. The average molecular weight is 305 g/mol. The second-order valence-electron chi connectivity index (χ2n) is 4.56. The van der Waals surface area contributed by atoms with Gasteiger partial charge in [-0.1, -0.05) is 30.3 Å². The predicted molar refractivity (Wildman–Crippen MR) is 83.5 cm³/mol. The van der Waals surface area contributed by atoms with Crippen molar-refractivity contribution in [1.29, 1.82) is 5.41 Å². The molecule has 6 heteroatoms. The van der Waals surface area contributed by atoms with Crippen LogP contribution in [0.1, 0.15) is 11.3 Å². The number of nitrogens with zero attached hydrogens (tertiary/aromatic N) is 2. The summed E-state index contributed by atoms with van der Waals surface area (Å²) in [5, 5.41) is 12.8. The van der Waals surface area contributed by atoms with Crippen molar-refractivity contribution >= 4 is 29.1 Å². The Kier molecular flexibility index (Phi) is 4.23. The first-order valence-electron chi connectivity index (χ1n) is 6.19. The highest BCUT2D eigenvalue weighted by atomic mass is 35.5. The molecule has 3 N–H and O–H groups in total. The minimum Gasteiger partial charge on any atom is -0.382 e. The molecule has 0 saturated carbocycles. The zero-order valence-corrected chi connectivity index (χ0v) is 11.9. The van der Waals surface area contributed by atoms with Crippen molar-refractivity contribution in [1.82, 2.24) is 9.78 Å². The predicted octanol–water partition coefficient (Wildman–Crippen LogP) is 2.93. The number of amidine groups is 1. The van der Waals surface area contributed by atoms with Crippen LogP contribution in [-0.2, 0) is 6.54 Å². The lowest BCUT2D eigenvalue weighted by atomic mass is 10.2. The van der Waals surface area contributed by atoms with Crippen molar-refractivity contribution in [2.75, 3.05) is 0 Å². The van der Waals surface area contributed by atoms with Crippen LogP contribution in [0.15, 0.2) is 48.5 Å². The van der Waals surface area contributed by atoms with Gasteiger partial charge in [0.25, 0.3) is 0 Å². The maximum Gasteiger partial charge on any atom is 0.144 e. The first kappa shape index (κ1) is 15.0. The highest BCUT2D eigenvalue weighted by Crippen LogP contribution is 2.19. The molecule has 3 aromatic rings. The standard InChI is InChI=1S/C15H13FN4.ClH/c16-11-7-5-10(6-8-11)9-20-13-4-2-1-3-12(13)14(19-20)15(17)18;/h1-8H,9H2,(H3,17,18);1H. The monoisotopic (exact) mass is 304 g/mol. The molecule has 0 amide bonds. The zero-order chi connectivity index (χ0) is 14.1. The van der Waals surface area contributed by atoms with Gasteiger partial charge >= 0.3 is 0 Å². The first-order chi connectivity index (χ1) is 9.65. The quantitative estimate of drug-likeness (QED) is 0.577. The van der Waals surface area contributed by atoms with Gasteiger partial charge in [0.05, 0.1) is 12.1 Å². The summed E-state index contributed by atoms with van der Waals surface area (Å²) in [5.74, 6) is -0.317. The van der Waals surface area contributed by atoms with E-state index in [0.717, 1.165) is 16.5 Å². The molecular weight excluding hydrogens is 291 g/mol. The van der Waals surface area contributed by atoms with Gasteiger partial charge in [-0.25, -0.2) is 4.39 Å². The molecule has 21 heavy (non-hydrogen) atoms. The third-order valence-electron chi connectivity index (χ3n) is 3.16. The molecule has 0 bridgehead atoms. The molecule has 1 aromatic heterocycles. The van der Waals surface area contributed by atoms with Gasteiger partial charge in [-0.2, -0.15) is 5.10 Å². The summed E-state index contributed by atoms with van der Waals surface area (Å²) in [6, 6.07) is 13.9. The molecule has 0 aliphatic carbocycles. The van der Waals surface area contributed by atoms with Crippen LogP contribution in [0.4, 0.5) is 4.39 Å². The molecule has 0 saturated heterocycles. The number of nitrogen functional groups attached to an aromatic ring is 1. The van der Waals surface area contributed by atoms with Crippen molar-refractivity contribution in [3.05, 3.63) is 65.6 Å². The highest BCUT2D eigenvalue weighted by Gasteiger charge is 2.12. The second-order valence-corrected chi connectivity index (χ2v) is 4.56. The van der Waals surface area contributed by atoms with Gasteiger partial charge in [0, 0.05) is 5.39 Å². The summed E-state index contributed by atoms with van der Waals surface area (Å²) < 4.78 is 14.7. The van der Waals surface area contributed by atoms with Crippen molar-refractivity contribution < 1.29 is 4.39 Å². The van der Waals surface area contributed by atoms with Gasteiger partial charge < -0.3 is 5.73 Å². The molecule has 0 aliphatic rings.